The molecule has 0 spiro atoms. The number of nitrogens with zero attached hydrogens (tertiary/aromatic N) is 1. The molecule has 2 saturated heterocycles. The minimum absolute atomic E-state index is 0.0141. The van der Waals surface area contributed by atoms with E-state index in [-0.39, 0.29) is 42.9 Å². The van der Waals surface area contributed by atoms with Gasteiger partial charge in [-0.15, -0.1) is 0 Å². The maximum atomic E-state index is 12.5. The second-order valence-corrected chi connectivity index (χ2v) is 5.67. The van der Waals surface area contributed by atoms with Crippen LogP contribution in [0.1, 0.15) is 27.2 Å². The van der Waals surface area contributed by atoms with Crippen molar-refractivity contribution in [1.29, 1.82) is 0 Å². The van der Waals surface area contributed by atoms with E-state index < -0.39 is 18.1 Å². The van der Waals surface area contributed by atoms with E-state index in [4.69, 9.17) is 9.84 Å². The van der Waals surface area contributed by atoms with Crippen molar-refractivity contribution < 1.29 is 24.5 Å². The van der Waals surface area contributed by atoms with Crippen molar-refractivity contribution in [1.82, 2.24) is 4.90 Å². The molecule has 1 amide bonds. The summed E-state index contributed by atoms with van der Waals surface area (Å²) >= 11 is 0. The summed E-state index contributed by atoms with van der Waals surface area (Å²) in [7, 11) is 0. The number of likely N-dealkylation sites (tertiary alicyclic amines) is 1. The normalized spacial score (nSPS) is 42.6. The lowest BCUT2D eigenvalue weighted by molar-refractivity contribution is -0.151. The summed E-state index contributed by atoms with van der Waals surface area (Å²) in [6, 6.07) is -0.919. The highest BCUT2D eigenvalue weighted by atomic mass is 16.5. The number of aliphatic hydroxyl groups excluding tert-OH is 1. The Kier molecular flexibility index (Phi) is 3.82. The molecule has 2 N–H and O–H groups in total. The Morgan fingerprint density at radius 3 is 2.32 bits per heavy atom. The van der Waals surface area contributed by atoms with Gasteiger partial charge in [-0.1, -0.05) is 6.92 Å². The van der Waals surface area contributed by atoms with Crippen molar-refractivity contribution in [3.05, 3.63) is 0 Å². The molecule has 0 aliphatic carbocycles. The first-order valence-electron chi connectivity index (χ1n) is 6.69. The molecule has 108 valence electrons. The van der Waals surface area contributed by atoms with E-state index in [2.05, 4.69) is 0 Å². The van der Waals surface area contributed by atoms with Gasteiger partial charge in [0.25, 0.3) is 0 Å². The van der Waals surface area contributed by atoms with Crippen LogP contribution in [0.3, 0.4) is 0 Å². The molecule has 2 aliphatic rings. The SMILES string of the molecule is CC1OC(C)C(C(=O)N2CC(O)CC2C(=O)O)C1C. The fourth-order valence-corrected chi connectivity index (χ4v) is 3.18. The highest BCUT2D eigenvalue weighted by molar-refractivity contribution is 5.86. The molecule has 2 fully saturated rings. The third-order valence-electron chi connectivity index (χ3n) is 4.37. The van der Waals surface area contributed by atoms with Gasteiger partial charge in [0.2, 0.25) is 5.91 Å². The van der Waals surface area contributed by atoms with E-state index in [1.807, 2.05) is 20.8 Å². The Morgan fingerprint density at radius 2 is 1.84 bits per heavy atom. The Bertz CT molecular complexity index is 385. The summed E-state index contributed by atoms with van der Waals surface area (Å²) < 4.78 is 5.63. The molecule has 2 heterocycles. The van der Waals surface area contributed by atoms with Crippen LogP contribution < -0.4 is 0 Å². The zero-order chi connectivity index (χ0) is 14.3. The lowest BCUT2D eigenvalue weighted by Gasteiger charge is -2.27. The van der Waals surface area contributed by atoms with Crippen LogP contribution >= 0.6 is 0 Å². The molecule has 0 aromatic rings. The van der Waals surface area contributed by atoms with Gasteiger partial charge in [0.15, 0.2) is 0 Å². The topological polar surface area (TPSA) is 87.1 Å². The van der Waals surface area contributed by atoms with Crippen LogP contribution in [0.5, 0.6) is 0 Å². The number of amides is 1. The molecule has 6 atom stereocenters. The van der Waals surface area contributed by atoms with Crippen LogP contribution in [0.2, 0.25) is 0 Å². The third kappa shape index (κ3) is 2.47. The molecular weight excluding hydrogens is 250 g/mol. The van der Waals surface area contributed by atoms with Crippen LogP contribution in [0.15, 0.2) is 0 Å². The van der Waals surface area contributed by atoms with Gasteiger partial charge in [0, 0.05) is 13.0 Å². The zero-order valence-corrected chi connectivity index (χ0v) is 11.4. The first-order valence-corrected chi connectivity index (χ1v) is 6.69. The number of hydrogen-bond acceptors (Lipinski definition) is 4. The van der Waals surface area contributed by atoms with E-state index >= 15 is 0 Å². The molecule has 0 aromatic carbocycles. The summed E-state index contributed by atoms with van der Waals surface area (Å²) in [5, 5.41) is 18.7. The van der Waals surface area contributed by atoms with Crippen molar-refractivity contribution in [3.63, 3.8) is 0 Å². The lowest BCUT2D eigenvalue weighted by atomic mass is 9.88. The average Bonchev–Trinajstić information content (AvgIpc) is 2.81. The lowest BCUT2D eigenvalue weighted by Crippen LogP contribution is -2.46. The zero-order valence-electron chi connectivity index (χ0n) is 11.4. The number of carboxylic acids is 1. The standard InChI is InChI=1S/C13H21NO5/c1-6-7(2)19-8(3)11(6)12(16)14-5-9(15)4-10(14)13(17)18/h6-11,15H,4-5H2,1-3H3,(H,17,18). The van der Waals surface area contributed by atoms with E-state index in [1.165, 1.54) is 4.90 Å². The number of carbonyl (C=O) groups is 2. The Labute approximate surface area is 112 Å². The van der Waals surface area contributed by atoms with Gasteiger partial charge in [0.1, 0.15) is 6.04 Å². The molecule has 0 saturated carbocycles. The van der Waals surface area contributed by atoms with Gasteiger partial charge < -0.3 is 19.8 Å². The van der Waals surface area contributed by atoms with Crippen LogP contribution in [0.4, 0.5) is 0 Å². The number of hydrogen-bond donors (Lipinski definition) is 2. The number of aliphatic hydroxyl groups is 1. The summed E-state index contributed by atoms with van der Waals surface area (Å²) in [6.45, 7) is 5.80. The number of carbonyl (C=O) groups excluding carboxylic acids is 1. The van der Waals surface area contributed by atoms with Gasteiger partial charge in [-0.05, 0) is 19.8 Å². The predicted octanol–water partition coefficient (Wildman–Crippen LogP) is 0.0923. The van der Waals surface area contributed by atoms with Crippen molar-refractivity contribution in [2.24, 2.45) is 11.8 Å². The minimum Gasteiger partial charge on any atom is -0.480 e. The second-order valence-electron chi connectivity index (χ2n) is 5.67. The molecular formula is C13H21NO5. The van der Waals surface area contributed by atoms with E-state index in [0.29, 0.717) is 0 Å². The third-order valence-corrected chi connectivity index (χ3v) is 4.37. The quantitative estimate of drug-likeness (QED) is 0.743. The first kappa shape index (κ1) is 14.3. The molecule has 0 bridgehead atoms. The molecule has 6 nitrogen and oxygen atoms in total. The molecule has 6 unspecified atom stereocenters. The summed E-state index contributed by atoms with van der Waals surface area (Å²) in [5.41, 5.74) is 0. The van der Waals surface area contributed by atoms with Crippen molar-refractivity contribution in [2.45, 2.75) is 51.5 Å². The van der Waals surface area contributed by atoms with Crippen LogP contribution in [0, 0.1) is 11.8 Å². The van der Waals surface area contributed by atoms with Crippen molar-refractivity contribution in [3.8, 4) is 0 Å². The van der Waals surface area contributed by atoms with E-state index in [1.54, 1.807) is 0 Å². The molecule has 0 radical (unpaired) electrons. The number of rotatable bonds is 2. The first-order chi connectivity index (χ1) is 8.82. The number of carboxylic acid groups (broad SMARTS) is 1. The Morgan fingerprint density at radius 1 is 1.21 bits per heavy atom. The molecule has 6 heteroatoms. The van der Waals surface area contributed by atoms with Crippen LogP contribution in [-0.4, -0.2) is 57.9 Å². The fraction of sp³-hybridized carbons (Fsp3) is 0.846. The molecule has 2 rings (SSSR count). The van der Waals surface area contributed by atoms with Gasteiger partial charge in [-0.3, -0.25) is 4.79 Å². The Hall–Kier alpha value is -1.14. The summed E-state index contributed by atoms with van der Waals surface area (Å²) in [4.78, 5) is 25.0. The largest absolute Gasteiger partial charge is 0.480 e. The molecule has 2 aliphatic heterocycles. The van der Waals surface area contributed by atoms with Crippen molar-refractivity contribution in [2.75, 3.05) is 6.54 Å². The number of aliphatic carboxylic acids is 1. The highest BCUT2D eigenvalue weighted by Gasteiger charge is 2.48. The highest BCUT2D eigenvalue weighted by Crippen LogP contribution is 2.35. The van der Waals surface area contributed by atoms with E-state index in [0.717, 1.165) is 0 Å². The minimum atomic E-state index is -1.06. The maximum Gasteiger partial charge on any atom is 0.326 e. The van der Waals surface area contributed by atoms with Gasteiger partial charge >= 0.3 is 5.97 Å². The maximum absolute atomic E-state index is 12.5. The fourth-order valence-electron chi connectivity index (χ4n) is 3.18. The van der Waals surface area contributed by atoms with E-state index in [9.17, 15) is 14.7 Å². The van der Waals surface area contributed by atoms with Gasteiger partial charge in [0.05, 0.1) is 24.2 Å². The van der Waals surface area contributed by atoms with Crippen molar-refractivity contribution >= 4 is 11.9 Å². The predicted molar refractivity (Wildman–Crippen MR) is 66.4 cm³/mol. The van der Waals surface area contributed by atoms with Crippen LogP contribution in [-0.2, 0) is 14.3 Å². The average molecular weight is 271 g/mol. The summed E-state index contributed by atoms with van der Waals surface area (Å²) in [5.74, 6) is -1.55. The smallest absolute Gasteiger partial charge is 0.326 e. The molecule has 0 aromatic heterocycles. The molecule has 19 heavy (non-hydrogen) atoms. The van der Waals surface area contributed by atoms with Gasteiger partial charge in [-0.25, -0.2) is 4.79 Å². The van der Waals surface area contributed by atoms with Gasteiger partial charge in [-0.2, -0.15) is 0 Å². The van der Waals surface area contributed by atoms with Crippen LogP contribution in [0.25, 0.3) is 0 Å². The second kappa shape index (κ2) is 5.09. The Balaban J connectivity index is 2.17. The number of β-amino-alcohol motifs (C(OH)–C–C–N with tert-alkyl or cyclic N) is 1. The summed E-state index contributed by atoms with van der Waals surface area (Å²) in [6.07, 6.45) is -0.882. The monoisotopic (exact) mass is 271 g/mol. The number of ether oxygens (including phenoxy) is 1.